The minimum atomic E-state index is -0.579. The molecule has 0 unspecified atom stereocenters. The van der Waals surface area contributed by atoms with Crippen molar-refractivity contribution >= 4 is 29.4 Å². The molecule has 8 heteroatoms. The maximum atomic E-state index is 12.8. The van der Waals surface area contributed by atoms with Crippen LogP contribution in [0.5, 0.6) is 0 Å². The molecule has 0 aliphatic carbocycles. The van der Waals surface area contributed by atoms with Gasteiger partial charge in [0.1, 0.15) is 13.1 Å². The number of anilines is 1. The molecule has 5 amide bonds. The standard InChI is InChI=1S/C21H20N4O4/c26-18-12-22-21(29)25(18)14-19(27)23-10-11-24(20(28)13-23)17-9-5-4-8-16(17)15-6-2-1-3-7-15/h1-9H,10-14H2,(H,22,29). The molecule has 0 aromatic heterocycles. The van der Waals surface area contributed by atoms with E-state index in [2.05, 4.69) is 5.32 Å². The number of urea groups is 1. The molecule has 29 heavy (non-hydrogen) atoms. The molecule has 2 aromatic carbocycles. The summed E-state index contributed by atoms with van der Waals surface area (Å²) in [5.74, 6) is -1.06. The van der Waals surface area contributed by atoms with Crippen LogP contribution < -0.4 is 10.2 Å². The summed E-state index contributed by atoms with van der Waals surface area (Å²) >= 11 is 0. The van der Waals surface area contributed by atoms with E-state index in [0.717, 1.165) is 21.7 Å². The third kappa shape index (κ3) is 3.69. The van der Waals surface area contributed by atoms with Crippen molar-refractivity contribution in [2.75, 3.05) is 37.6 Å². The number of carbonyl (C=O) groups excluding carboxylic acids is 4. The Labute approximate surface area is 167 Å². The lowest BCUT2D eigenvalue weighted by atomic mass is 10.0. The van der Waals surface area contributed by atoms with Crippen molar-refractivity contribution in [1.82, 2.24) is 15.1 Å². The van der Waals surface area contributed by atoms with Crippen molar-refractivity contribution in [3.63, 3.8) is 0 Å². The van der Waals surface area contributed by atoms with Crippen LogP contribution in [0.2, 0.25) is 0 Å². The second-order valence-corrected chi connectivity index (χ2v) is 6.88. The number of imide groups is 1. The number of rotatable bonds is 4. The van der Waals surface area contributed by atoms with Gasteiger partial charge in [0.15, 0.2) is 0 Å². The Balaban J connectivity index is 1.48. The van der Waals surface area contributed by atoms with Gasteiger partial charge in [0.25, 0.3) is 5.91 Å². The van der Waals surface area contributed by atoms with Crippen molar-refractivity contribution in [1.29, 1.82) is 0 Å². The molecular weight excluding hydrogens is 372 g/mol. The van der Waals surface area contributed by atoms with Crippen LogP contribution in [0.25, 0.3) is 11.1 Å². The van der Waals surface area contributed by atoms with Crippen LogP contribution in [-0.2, 0) is 14.4 Å². The summed E-state index contributed by atoms with van der Waals surface area (Å²) in [7, 11) is 0. The predicted octanol–water partition coefficient (Wildman–Crippen LogP) is 1.08. The number of carbonyl (C=O) groups is 4. The van der Waals surface area contributed by atoms with Crippen molar-refractivity contribution in [3.8, 4) is 11.1 Å². The fourth-order valence-electron chi connectivity index (χ4n) is 3.56. The Kier molecular flexibility index (Phi) is 4.99. The van der Waals surface area contributed by atoms with E-state index in [9.17, 15) is 19.2 Å². The first-order valence-corrected chi connectivity index (χ1v) is 9.35. The molecule has 0 bridgehead atoms. The second kappa shape index (κ2) is 7.75. The maximum Gasteiger partial charge on any atom is 0.325 e. The average Bonchev–Trinajstić information content (AvgIpc) is 3.06. The van der Waals surface area contributed by atoms with Crippen molar-refractivity contribution in [2.45, 2.75) is 0 Å². The molecule has 2 saturated heterocycles. The molecule has 0 spiro atoms. The first-order chi connectivity index (χ1) is 14.0. The van der Waals surface area contributed by atoms with Crippen LogP contribution in [0.3, 0.4) is 0 Å². The molecule has 0 atom stereocenters. The van der Waals surface area contributed by atoms with Crippen LogP contribution in [0.1, 0.15) is 0 Å². The molecule has 8 nitrogen and oxygen atoms in total. The topological polar surface area (TPSA) is 90.0 Å². The van der Waals surface area contributed by atoms with E-state index in [1.54, 1.807) is 4.90 Å². The van der Waals surface area contributed by atoms with E-state index in [1.807, 2.05) is 54.6 Å². The lowest BCUT2D eigenvalue weighted by molar-refractivity contribution is -0.139. The van der Waals surface area contributed by atoms with Gasteiger partial charge in [-0.05, 0) is 11.6 Å². The molecule has 0 radical (unpaired) electrons. The molecule has 148 valence electrons. The minimum absolute atomic E-state index is 0.0917. The minimum Gasteiger partial charge on any atom is -0.330 e. The first-order valence-electron chi connectivity index (χ1n) is 9.35. The Morgan fingerprint density at radius 2 is 1.62 bits per heavy atom. The van der Waals surface area contributed by atoms with Crippen molar-refractivity contribution in [3.05, 3.63) is 54.6 Å². The quantitative estimate of drug-likeness (QED) is 0.789. The Morgan fingerprint density at radius 1 is 0.897 bits per heavy atom. The predicted molar refractivity (Wildman–Crippen MR) is 106 cm³/mol. The molecule has 2 heterocycles. The van der Waals surface area contributed by atoms with Gasteiger partial charge < -0.3 is 15.1 Å². The summed E-state index contributed by atoms with van der Waals surface area (Å²) in [5, 5.41) is 2.38. The lowest BCUT2D eigenvalue weighted by Crippen LogP contribution is -2.54. The number of piperazine rings is 1. The number of benzene rings is 2. The van der Waals surface area contributed by atoms with Crippen LogP contribution in [0, 0.1) is 0 Å². The van der Waals surface area contributed by atoms with Crippen molar-refractivity contribution < 1.29 is 19.2 Å². The molecule has 2 aromatic rings. The SMILES string of the molecule is O=C(CN1C(=O)CNC1=O)N1CCN(c2ccccc2-c2ccccc2)C(=O)C1. The fourth-order valence-corrected chi connectivity index (χ4v) is 3.56. The van der Waals surface area contributed by atoms with Gasteiger partial charge in [0.05, 0.1) is 12.2 Å². The van der Waals surface area contributed by atoms with Gasteiger partial charge in [-0.25, -0.2) is 4.79 Å². The van der Waals surface area contributed by atoms with Crippen LogP contribution >= 0.6 is 0 Å². The number of para-hydroxylation sites is 1. The highest BCUT2D eigenvalue weighted by atomic mass is 16.2. The zero-order valence-electron chi connectivity index (χ0n) is 15.7. The van der Waals surface area contributed by atoms with E-state index in [1.165, 1.54) is 4.90 Å². The molecule has 1 N–H and O–H groups in total. The van der Waals surface area contributed by atoms with E-state index in [-0.39, 0.29) is 25.5 Å². The van der Waals surface area contributed by atoms with Gasteiger partial charge >= 0.3 is 6.03 Å². The van der Waals surface area contributed by atoms with E-state index in [4.69, 9.17) is 0 Å². The van der Waals surface area contributed by atoms with E-state index >= 15 is 0 Å². The normalized spacial score (nSPS) is 17.0. The van der Waals surface area contributed by atoms with Crippen LogP contribution in [0.4, 0.5) is 10.5 Å². The van der Waals surface area contributed by atoms with Gasteiger partial charge in [-0.1, -0.05) is 48.5 Å². The third-order valence-electron chi connectivity index (χ3n) is 5.08. The monoisotopic (exact) mass is 392 g/mol. The number of hydrogen-bond acceptors (Lipinski definition) is 4. The van der Waals surface area contributed by atoms with E-state index in [0.29, 0.717) is 13.1 Å². The summed E-state index contributed by atoms with van der Waals surface area (Å²) < 4.78 is 0. The molecule has 2 fully saturated rings. The summed E-state index contributed by atoms with van der Waals surface area (Å²) in [5.41, 5.74) is 2.75. The Morgan fingerprint density at radius 3 is 2.31 bits per heavy atom. The highest BCUT2D eigenvalue weighted by Crippen LogP contribution is 2.31. The van der Waals surface area contributed by atoms with E-state index < -0.39 is 17.8 Å². The van der Waals surface area contributed by atoms with Crippen LogP contribution in [0.15, 0.2) is 54.6 Å². The highest BCUT2D eigenvalue weighted by molar-refractivity contribution is 6.05. The van der Waals surface area contributed by atoms with Gasteiger partial charge in [-0.2, -0.15) is 0 Å². The molecule has 4 rings (SSSR count). The summed E-state index contributed by atoms with van der Waals surface area (Å²) in [6, 6.07) is 16.9. The number of nitrogens with zero attached hydrogens (tertiary/aromatic N) is 3. The fraction of sp³-hybridized carbons (Fsp3) is 0.238. The average molecular weight is 392 g/mol. The zero-order valence-corrected chi connectivity index (χ0v) is 15.7. The molecule has 2 aliphatic heterocycles. The van der Waals surface area contributed by atoms with Gasteiger partial charge in [-0.15, -0.1) is 0 Å². The Bertz CT molecular complexity index is 960. The first kappa shape index (κ1) is 18.7. The highest BCUT2D eigenvalue weighted by Gasteiger charge is 2.34. The molecule has 2 aliphatic rings. The number of amides is 5. The van der Waals surface area contributed by atoms with Gasteiger partial charge in [0, 0.05) is 18.7 Å². The second-order valence-electron chi connectivity index (χ2n) is 6.88. The number of hydrogen-bond donors (Lipinski definition) is 1. The largest absolute Gasteiger partial charge is 0.330 e. The third-order valence-corrected chi connectivity index (χ3v) is 5.08. The zero-order chi connectivity index (χ0) is 20.4. The summed E-state index contributed by atoms with van der Waals surface area (Å²) in [6.07, 6.45) is 0. The maximum absolute atomic E-state index is 12.8. The summed E-state index contributed by atoms with van der Waals surface area (Å²) in [4.78, 5) is 52.6. The molecular formula is C21H20N4O4. The number of nitrogens with one attached hydrogen (secondary N) is 1. The van der Waals surface area contributed by atoms with Crippen molar-refractivity contribution in [2.24, 2.45) is 0 Å². The lowest BCUT2D eigenvalue weighted by Gasteiger charge is -2.35. The van der Waals surface area contributed by atoms with Crippen LogP contribution in [-0.4, -0.2) is 66.3 Å². The Hall–Kier alpha value is -3.68. The summed E-state index contributed by atoms with van der Waals surface area (Å²) in [6.45, 7) is 0.130. The molecule has 0 saturated carbocycles. The smallest absolute Gasteiger partial charge is 0.325 e. The van der Waals surface area contributed by atoms with Gasteiger partial charge in [-0.3, -0.25) is 19.3 Å². The van der Waals surface area contributed by atoms with Gasteiger partial charge in [0.2, 0.25) is 11.8 Å².